The molecule has 1 aromatic heterocycles. The quantitative estimate of drug-likeness (QED) is 0.684. The monoisotopic (exact) mass is 417 g/mol. The second-order valence-corrected chi connectivity index (χ2v) is 8.56. The molecule has 29 heavy (non-hydrogen) atoms. The maximum atomic E-state index is 12.4. The molecule has 0 radical (unpaired) electrons. The van der Waals surface area contributed by atoms with Gasteiger partial charge in [0.05, 0.1) is 17.3 Å². The molecule has 7 heteroatoms. The molecule has 1 fully saturated rings. The summed E-state index contributed by atoms with van der Waals surface area (Å²) in [4.78, 5) is 23.9. The molecule has 1 atom stereocenters. The van der Waals surface area contributed by atoms with Crippen molar-refractivity contribution < 1.29 is 19.4 Å². The Bertz CT molecular complexity index is 1020. The maximum Gasteiger partial charge on any atom is 0.341 e. The highest BCUT2D eigenvalue weighted by molar-refractivity contribution is 6.32. The van der Waals surface area contributed by atoms with Crippen molar-refractivity contribution >= 4 is 17.6 Å². The first-order valence-electron chi connectivity index (χ1n) is 9.78. The van der Waals surface area contributed by atoms with Crippen LogP contribution in [0.3, 0.4) is 0 Å². The summed E-state index contributed by atoms with van der Waals surface area (Å²) in [6.07, 6.45) is 5.16. The molecule has 0 saturated heterocycles. The van der Waals surface area contributed by atoms with Gasteiger partial charge in [-0.1, -0.05) is 18.5 Å². The SMILES string of the molecule is COCCCOc1cc2c(cc1Cl)-c1cc(=O)c(C(=O)O)cn1[C@@H](C1(C)CC1)C2. The van der Waals surface area contributed by atoms with Crippen LogP contribution in [0.4, 0.5) is 0 Å². The number of hydrogen-bond donors (Lipinski definition) is 1. The van der Waals surface area contributed by atoms with Gasteiger partial charge in [-0.25, -0.2) is 4.79 Å². The zero-order valence-electron chi connectivity index (χ0n) is 16.5. The summed E-state index contributed by atoms with van der Waals surface area (Å²) >= 11 is 6.46. The van der Waals surface area contributed by atoms with Gasteiger partial charge in [0.1, 0.15) is 11.3 Å². The standard InChI is InChI=1S/C22H24ClNO5/c1-22(4-5-22)20-9-13-8-19(29-7-3-6-28-2)16(23)10-14(13)17-11-18(25)15(21(26)27)12-24(17)20/h8,10-12,20H,3-7,9H2,1-2H3,(H,26,27)/t20-/m1/s1. The highest BCUT2D eigenvalue weighted by Gasteiger charge is 2.47. The van der Waals surface area contributed by atoms with Crippen molar-refractivity contribution in [1.82, 2.24) is 4.57 Å². The van der Waals surface area contributed by atoms with Crippen molar-refractivity contribution in [1.29, 1.82) is 0 Å². The number of aromatic nitrogens is 1. The Kier molecular flexibility index (Phi) is 5.17. The third-order valence-corrected chi connectivity index (χ3v) is 6.38. The number of pyridine rings is 1. The van der Waals surface area contributed by atoms with E-state index in [4.69, 9.17) is 21.1 Å². The zero-order valence-corrected chi connectivity index (χ0v) is 17.3. The summed E-state index contributed by atoms with van der Waals surface area (Å²) in [5.41, 5.74) is 2.04. The molecule has 1 saturated carbocycles. The van der Waals surface area contributed by atoms with Crippen LogP contribution in [0.15, 0.2) is 29.2 Å². The number of carbonyl (C=O) groups is 1. The van der Waals surface area contributed by atoms with E-state index in [1.807, 2.05) is 16.7 Å². The number of fused-ring (bicyclic) bond motifs is 3. The highest BCUT2D eigenvalue weighted by atomic mass is 35.5. The smallest absolute Gasteiger partial charge is 0.341 e. The predicted molar refractivity (Wildman–Crippen MR) is 110 cm³/mol. The second-order valence-electron chi connectivity index (χ2n) is 8.16. The van der Waals surface area contributed by atoms with Crippen LogP contribution in [0.5, 0.6) is 5.75 Å². The van der Waals surface area contributed by atoms with Crippen LogP contribution < -0.4 is 10.2 Å². The molecule has 2 aliphatic rings. The van der Waals surface area contributed by atoms with Crippen LogP contribution in [-0.4, -0.2) is 36.0 Å². The minimum Gasteiger partial charge on any atom is -0.492 e. The van der Waals surface area contributed by atoms with E-state index in [2.05, 4.69) is 6.92 Å². The van der Waals surface area contributed by atoms with E-state index < -0.39 is 11.4 Å². The van der Waals surface area contributed by atoms with Gasteiger partial charge in [0.15, 0.2) is 5.43 Å². The number of halogens is 1. The summed E-state index contributed by atoms with van der Waals surface area (Å²) in [5, 5.41) is 9.88. The van der Waals surface area contributed by atoms with E-state index in [9.17, 15) is 14.7 Å². The summed E-state index contributed by atoms with van der Waals surface area (Å²) in [7, 11) is 1.65. The van der Waals surface area contributed by atoms with Crippen LogP contribution in [0.1, 0.15) is 48.1 Å². The summed E-state index contributed by atoms with van der Waals surface area (Å²) in [6, 6.07) is 5.30. The molecule has 0 spiro atoms. The lowest BCUT2D eigenvalue weighted by Crippen LogP contribution is -2.29. The van der Waals surface area contributed by atoms with E-state index in [1.165, 1.54) is 12.3 Å². The Balaban J connectivity index is 1.79. The Morgan fingerprint density at radius 1 is 1.31 bits per heavy atom. The summed E-state index contributed by atoms with van der Waals surface area (Å²) < 4.78 is 12.9. The van der Waals surface area contributed by atoms with Gasteiger partial charge in [0.25, 0.3) is 0 Å². The van der Waals surface area contributed by atoms with Crippen molar-refractivity contribution in [2.45, 2.75) is 38.6 Å². The third-order valence-electron chi connectivity index (χ3n) is 6.09. The molecule has 1 aliphatic heterocycles. The average Bonchev–Trinajstić information content (AvgIpc) is 3.43. The van der Waals surface area contributed by atoms with Gasteiger partial charge in [-0.2, -0.15) is 0 Å². The maximum absolute atomic E-state index is 12.4. The van der Waals surface area contributed by atoms with Gasteiger partial charge >= 0.3 is 5.97 Å². The molecule has 1 aliphatic carbocycles. The molecule has 1 N–H and O–H groups in total. The van der Waals surface area contributed by atoms with Gasteiger partial charge in [-0.05, 0) is 42.4 Å². The number of rotatable bonds is 7. The summed E-state index contributed by atoms with van der Waals surface area (Å²) in [5.74, 6) is -0.576. The van der Waals surface area contributed by atoms with Gasteiger partial charge in [0, 0.05) is 44.0 Å². The molecule has 4 rings (SSSR count). The van der Waals surface area contributed by atoms with E-state index in [0.717, 1.165) is 36.8 Å². The van der Waals surface area contributed by atoms with Crippen molar-refractivity contribution in [2.24, 2.45) is 5.41 Å². The largest absolute Gasteiger partial charge is 0.492 e. The average molecular weight is 418 g/mol. The van der Waals surface area contributed by atoms with Crippen molar-refractivity contribution in [2.75, 3.05) is 20.3 Å². The van der Waals surface area contributed by atoms with Crippen molar-refractivity contribution in [3.05, 3.63) is 50.8 Å². The first kappa shape index (κ1) is 20.0. The van der Waals surface area contributed by atoms with Gasteiger partial charge in [-0.15, -0.1) is 0 Å². The molecule has 2 aromatic rings. The molecular formula is C22H24ClNO5. The van der Waals surface area contributed by atoms with E-state index >= 15 is 0 Å². The number of hydrogen-bond acceptors (Lipinski definition) is 4. The molecule has 0 amide bonds. The van der Waals surface area contributed by atoms with Gasteiger partial charge < -0.3 is 19.1 Å². The minimum absolute atomic E-state index is 0.0891. The molecule has 0 bridgehead atoms. The van der Waals surface area contributed by atoms with Crippen LogP contribution in [-0.2, 0) is 11.2 Å². The third kappa shape index (κ3) is 3.67. The fourth-order valence-electron chi connectivity index (χ4n) is 4.10. The minimum atomic E-state index is -1.20. The molecule has 0 unspecified atom stereocenters. The number of carboxylic acid groups (broad SMARTS) is 1. The second kappa shape index (κ2) is 7.50. The van der Waals surface area contributed by atoms with Gasteiger partial charge in [-0.3, -0.25) is 4.79 Å². The van der Waals surface area contributed by atoms with Crippen LogP contribution >= 0.6 is 11.6 Å². The zero-order chi connectivity index (χ0) is 20.8. The highest BCUT2D eigenvalue weighted by Crippen LogP contribution is 2.57. The number of aromatic carboxylic acids is 1. The number of carboxylic acids is 1. The fourth-order valence-corrected chi connectivity index (χ4v) is 4.32. The first-order valence-corrected chi connectivity index (χ1v) is 10.2. The topological polar surface area (TPSA) is 77.8 Å². The number of methoxy groups -OCH3 is 1. The molecule has 2 heterocycles. The van der Waals surface area contributed by atoms with E-state index in [-0.39, 0.29) is 17.0 Å². The van der Waals surface area contributed by atoms with Gasteiger partial charge in [0.2, 0.25) is 0 Å². The van der Waals surface area contributed by atoms with E-state index in [1.54, 1.807) is 7.11 Å². The lowest BCUT2D eigenvalue weighted by atomic mass is 9.85. The normalized spacial score (nSPS) is 18.7. The number of benzene rings is 1. The Morgan fingerprint density at radius 3 is 2.72 bits per heavy atom. The number of ether oxygens (including phenoxy) is 2. The van der Waals surface area contributed by atoms with Crippen molar-refractivity contribution in [3.8, 4) is 17.0 Å². The Labute approximate surface area is 174 Å². The number of nitrogens with zero attached hydrogens (tertiary/aromatic N) is 1. The first-order chi connectivity index (χ1) is 13.8. The van der Waals surface area contributed by atoms with E-state index in [0.29, 0.717) is 29.7 Å². The molecule has 1 aromatic carbocycles. The van der Waals surface area contributed by atoms with Crippen molar-refractivity contribution in [3.63, 3.8) is 0 Å². The lowest BCUT2D eigenvalue weighted by Gasteiger charge is -2.35. The molecular weight excluding hydrogens is 394 g/mol. The van der Waals surface area contributed by atoms with Crippen LogP contribution in [0.25, 0.3) is 11.3 Å². The lowest BCUT2D eigenvalue weighted by molar-refractivity contribution is 0.0694. The Morgan fingerprint density at radius 2 is 2.07 bits per heavy atom. The van der Waals surface area contributed by atoms with Crippen LogP contribution in [0, 0.1) is 5.41 Å². The predicted octanol–water partition coefficient (Wildman–Crippen LogP) is 4.18. The fraction of sp³-hybridized carbons (Fsp3) is 0.455. The molecule has 6 nitrogen and oxygen atoms in total. The Hall–Kier alpha value is -2.31. The molecule has 154 valence electrons. The van der Waals surface area contributed by atoms with Crippen LogP contribution in [0.2, 0.25) is 5.02 Å². The summed E-state index contributed by atoms with van der Waals surface area (Å²) in [6.45, 7) is 3.33.